The highest BCUT2D eigenvalue weighted by molar-refractivity contribution is 7.60. The summed E-state index contributed by atoms with van der Waals surface area (Å²) in [5, 5.41) is 10.0. The van der Waals surface area contributed by atoms with Crippen LogP contribution in [0.5, 0.6) is 5.75 Å². The summed E-state index contributed by atoms with van der Waals surface area (Å²) in [5.74, 6) is -0.0923. The highest BCUT2D eigenvalue weighted by atomic mass is 31.2. The minimum absolute atomic E-state index is 0.0923. The number of phenols is 1. The SMILES string of the molecule is Nc1ccc(P(=O)(O)O)c2cccc(O)c12. The van der Waals surface area contributed by atoms with Crippen LogP contribution in [0, 0.1) is 0 Å². The minimum atomic E-state index is -4.37. The van der Waals surface area contributed by atoms with Crippen LogP contribution >= 0.6 is 7.60 Å². The van der Waals surface area contributed by atoms with Crippen LogP contribution < -0.4 is 11.0 Å². The molecule has 84 valence electrons. The van der Waals surface area contributed by atoms with Gasteiger partial charge in [-0.15, -0.1) is 0 Å². The van der Waals surface area contributed by atoms with Crippen molar-refractivity contribution in [2.45, 2.75) is 0 Å². The van der Waals surface area contributed by atoms with E-state index in [4.69, 9.17) is 15.5 Å². The number of hydrogen-bond acceptors (Lipinski definition) is 3. The fraction of sp³-hybridized carbons (Fsp3) is 0. The first-order valence-corrected chi connectivity index (χ1v) is 6.09. The number of nitrogen functional groups attached to an aromatic ring is 1. The Morgan fingerprint density at radius 1 is 1.12 bits per heavy atom. The van der Waals surface area contributed by atoms with Crippen LogP contribution in [-0.2, 0) is 4.57 Å². The smallest absolute Gasteiger partial charge is 0.356 e. The normalized spacial score (nSPS) is 11.9. The van der Waals surface area contributed by atoms with Crippen LogP contribution in [0.1, 0.15) is 0 Å². The fourth-order valence-corrected chi connectivity index (χ4v) is 2.42. The molecule has 0 saturated carbocycles. The van der Waals surface area contributed by atoms with E-state index >= 15 is 0 Å². The van der Waals surface area contributed by atoms with Gasteiger partial charge in [-0.05, 0) is 18.2 Å². The highest BCUT2D eigenvalue weighted by Gasteiger charge is 2.21. The number of aromatic hydroxyl groups is 1. The van der Waals surface area contributed by atoms with Crippen molar-refractivity contribution in [2.24, 2.45) is 0 Å². The van der Waals surface area contributed by atoms with E-state index in [-0.39, 0.29) is 27.5 Å². The van der Waals surface area contributed by atoms with E-state index in [0.29, 0.717) is 0 Å². The minimum Gasteiger partial charge on any atom is -0.507 e. The Kier molecular flexibility index (Phi) is 2.39. The number of rotatable bonds is 1. The largest absolute Gasteiger partial charge is 0.507 e. The van der Waals surface area contributed by atoms with Gasteiger partial charge >= 0.3 is 7.60 Å². The molecular weight excluding hydrogens is 229 g/mol. The van der Waals surface area contributed by atoms with E-state index in [1.54, 1.807) is 0 Å². The number of hydrogen-bond donors (Lipinski definition) is 4. The van der Waals surface area contributed by atoms with E-state index in [1.165, 1.54) is 30.3 Å². The molecule has 0 radical (unpaired) electrons. The third-order valence-corrected chi connectivity index (χ3v) is 3.36. The molecular formula is C10H10NO4P. The Morgan fingerprint density at radius 3 is 2.44 bits per heavy atom. The van der Waals surface area contributed by atoms with Gasteiger partial charge < -0.3 is 20.6 Å². The van der Waals surface area contributed by atoms with E-state index < -0.39 is 7.60 Å². The first-order chi connectivity index (χ1) is 7.41. The van der Waals surface area contributed by atoms with Crippen molar-refractivity contribution in [1.82, 2.24) is 0 Å². The molecule has 0 saturated heterocycles. The number of fused-ring (bicyclic) bond motifs is 1. The van der Waals surface area contributed by atoms with Crippen LogP contribution in [0.2, 0.25) is 0 Å². The van der Waals surface area contributed by atoms with Gasteiger partial charge in [-0.2, -0.15) is 0 Å². The summed E-state index contributed by atoms with van der Waals surface area (Å²) in [6.07, 6.45) is 0. The zero-order valence-corrected chi connectivity index (χ0v) is 9.06. The molecule has 0 fully saturated rings. The molecule has 2 aromatic rings. The number of phenolic OH excluding ortho intramolecular Hbond substituents is 1. The number of anilines is 1. The molecule has 0 bridgehead atoms. The molecule has 16 heavy (non-hydrogen) atoms. The topological polar surface area (TPSA) is 104 Å². The van der Waals surface area contributed by atoms with Gasteiger partial charge in [-0.1, -0.05) is 12.1 Å². The van der Waals surface area contributed by atoms with Gasteiger partial charge in [0.1, 0.15) is 5.75 Å². The predicted octanol–water partition coefficient (Wildman–Crippen LogP) is 0.931. The average molecular weight is 239 g/mol. The van der Waals surface area contributed by atoms with Gasteiger partial charge in [0.05, 0.1) is 5.30 Å². The maximum Gasteiger partial charge on any atom is 0.356 e. The van der Waals surface area contributed by atoms with Crippen LogP contribution in [0.3, 0.4) is 0 Å². The summed E-state index contributed by atoms with van der Waals surface area (Å²) in [6, 6.07) is 7.09. The fourth-order valence-electron chi connectivity index (χ4n) is 1.65. The maximum atomic E-state index is 11.2. The predicted molar refractivity (Wildman–Crippen MR) is 61.7 cm³/mol. The first-order valence-electron chi connectivity index (χ1n) is 4.47. The Bertz CT molecular complexity index is 597. The molecule has 2 rings (SSSR count). The molecule has 2 aromatic carbocycles. The van der Waals surface area contributed by atoms with Gasteiger partial charge in [0.2, 0.25) is 0 Å². The zero-order valence-electron chi connectivity index (χ0n) is 8.16. The molecule has 0 aromatic heterocycles. The molecule has 0 unspecified atom stereocenters. The van der Waals surface area contributed by atoms with E-state index in [0.717, 1.165) is 0 Å². The maximum absolute atomic E-state index is 11.2. The summed E-state index contributed by atoms with van der Waals surface area (Å²) in [7, 11) is -4.37. The van der Waals surface area contributed by atoms with Gasteiger partial charge in [0.15, 0.2) is 0 Å². The number of nitrogens with two attached hydrogens (primary N) is 1. The van der Waals surface area contributed by atoms with E-state index in [9.17, 15) is 9.67 Å². The summed E-state index contributed by atoms with van der Waals surface area (Å²) in [5.41, 5.74) is 5.94. The standard InChI is InChI=1S/C10H10NO4P/c11-7-4-5-9(16(13,14)15)6-2-1-3-8(12)10(6)7/h1-5,12H,11H2,(H2,13,14,15). The Labute approximate surface area is 91.3 Å². The van der Waals surface area contributed by atoms with Gasteiger partial charge in [-0.3, -0.25) is 4.57 Å². The van der Waals surface area contributed by atoms with Crippen molar-refractivity contribution in [3.63, 3.8) is 0 Å². The van der Waals surface area contributed by atoms with E-state index in [1.807, 2.05) is 0 Å². The quantitative estimate of drug-likeness (QED) is 0.437. The molecule has 0 amide bonds. The molecule has 5 nitrogen and oxygen atoms in total. The molecule has 0 spiro atoms. The second-order valence-corrected chi connectivity index (χ2v) is 4.99. The van der Waals surface area contributed by atoms with Crippen molar-refractivity contribution in [3.05, 3.63) is 30.3 Å². The lowest BCUT2D eigenvalue weighted by atomic mass is 10.1. The second-order valence-electron chi connectivity index (χ2n) is 3.42. The summed E-state index contributed by atoms with van der Waals surface area (Å²) < 4.78 is 11.2. The third-order valence-electron chi connectivity index (χ3n) is 2.34. The molecule has 0 aliphatic rings. The Hall–Kier alpha value is -1.55. The van der Waals surface area contributed by atoms with Crippen molar-refractivity contribution < 1.29 is 19.5 Å². The zero-order chi connectivity index (χ0) is 11.9. The lowest BCUT2D eigenvalue weighted by Crippen LogP contribution is -2.06. The second kappa shape index (κ2) is 3.49. The lowest BCUT2D eigenvalue weighted by molar-refractivity contribution is 0.388. The van der Waals surface area contributed by atoms with Crippen molar-refractivity contribution in [3.8, 4) is 5.75 Å². The van der Waals surface area contributed by atoms with Crippen molar-refractivity contribution in [1.29, 1.82) is 0 Å². The Morgan fingerprint density at radius 2 is 1.81 bits per heavy atom. The molecule has 6 heteroatoms. The lowest BCUT2D eigenvalue weighted by Gasteiger charge is -2.10. The summed E-state index contributed by atoms with van der Waals surface area (Å²) in [6.45, 7) is 0. The Balaban J connectivity index is 2.96. The van der Waals surface area contributed by atoms with Crippen molar-refractivity contribution >= 4 is 29.4 Å². The monoisotopic (exact) mass is 239 g/mol. The molecule has 5 N–H and O–H groups in total. The van der Waals surface area contributed by atoms with Gasteiger partial charge in [0.25, 0.3) is 0 Å². The molecule has 0 aliphatic heterocycles. The molecule has 0 atom stereocenters. The third kappa shape index (κ3) is 1.65. The first kappa shape index (κ1) is 11.0. The van der Waals surface area contributed by atoms with Crippen LogP contribution in [0.4, 0.5) is 5.69 Å². The van der Waals surface area contributed by atoms with Gasteiger partial charge in [0, 0.05) is 16.5 Å². The summed E-state index contributed by atoms with van der Waals surface area (Å²) >= 11 is 0. The van der Waals surface area contributed by atoms with Crippen LogP contribution in [-0.4, -0.2) is 14.9 Å². The molecule has 0 heterocycles. The highest BCUT2D eigenvalue weighted by Crippen LogP contribution is 2.39. The van der Waals surface area contributed by atoms with Crippen molar-refractivity contribution in [2.75, 3.05) is 5.73 Å². The average Bonchev–Trinajstić information content (AvgIpc) is 2.16. The number of benzene rings is 2. The molecule has 0 aliphatic carbocycles. The van der Waals surface area contributed by atoms with E-state index in [2.05, 4.69) is 0 Å². The summed E-state index contributed by atoms with van der Waals surface area (Å²) in [4.78, 5) is 18.3. The van der Waals surface area contributed by atoms with Gasteiger partial charge in [-0.25, -0.2) is 0 Å². The van der Waals surface area contributed by atoms with Crippen LogP contribution in [0.15, 0.2) is 30.3 Å². The van der Waals surface area contributed by atoms with Crippen LogP contribution in [0.25, 0.3) is 10.8 Å².